The number of carbonyl (C=O) groups excluding carboxylic acids is 1. The first-order valence-corrected chi connectivity index (χ1v) is 8.99. The highest BCUT2D eigenvalue weighted by Gasteiger charge is 2.27. The van der Waals surface area contributed by atoms with Crippen molar-refractivity contribution in [3.63, 3.8) is 0 Å². The molecule has 1 aliphatic rings. The van der Waals surface area contributed by atoms with Crippen molar-refractivity contribution in [3.05, 3.63) is 54.5 Å². The zero-order valence-corrected chi connectivity index (χ0v) is 14.8. The molecule has 1 N–H and O–H groups in total. The highest BCUT2D eigenvalue weighted by Crippen LogP contribution is 2.26. The van der Waals surface area contributed by atoms with Gasteiger partial charge in [-0.15, -0.1) is 10.2 Å². The van der Waals surface area contributed by atoms with Gasteiger partial charge in [-0.05, 0) is 31.0 Å². The van der Waals surface area contributed by atoms with Gasteiger partial charge in [-0.1, -0.05) is 0 Å². The number of hydrogen-bond donors (Lipinski definition) is 1. The molecule has 4 heterocycles. The zero-order valence-electron chi connectivity index (χ0n) is 14.8. The Hall–Kier alpha value is -3.07. The van der Waals surface area contributed by atoms with Crippen LogP contribution in [0.4, 0.5) is 0 Å². The van der Waals surface area contributed by atoms with E-state index in [4.69, 9.17) is 5.11 Å². The Balaban J connectivity index is 1.45. The lowest BCUT2D eigenvalue weighted by Crippen LogP contribution is -2.39. The van der Waals surface area contributed by atoms with E-state index >= 15 is 0 Å². The Labute approximate surface area is 156 Å². The molecular formula is C18H21N7O2. The van der Waals surface area contributed by atoms with Gasteiger partial charge in [0.25, 0.3) is 5.91 Å². The fourth-order valence-electron chi connectivity index (χ4n) is 3.39. The first-order valence-electron chi connectivity index (χ1n) is 8.99. The van der Waals surface area contributed by atoms with Crippen LogP contribution in [0.3, 0.4) is 0 Å². The van der Waals surface area contributed by atoms with Crippen molar-refractivity contribution in [2.45, 2.75) is 25.3 Å². The lowest BCUT2D eigenvalue weighted by atomic mass is 9.94. The number of aliphatic hydroxyl groups excluding tert-OH is 1. The number of carbonyl (C=O) groups is 1. The van der Waals surface area contributed by atoms with Gasteiger partial charge in [-0.25, -0.2) is 4.98 Å². The van der Waals surface area contributed by atoms with Gasteiger partial charge in [0.2, 0.25) is 0 Å². The summed E-state index contributed by atoms with van der Waals surface area (Å²) >= 11 is 0. The fourth-order valence-corrected chi connectivity index (χ4v) is 3.39. The SMILES string of the molecule is O=C(c1ccc(-n2cnnc2)nc1)N1CCC[C@H](c2ccn(CCO)n2)C1. The molecule has 1 aliphatic heterocycles. The van der Waals surface area contributed by atoms with Crippen molar-refractivity contribution in [2.24, 2.45) is 0 Å². The van der Waals surface area contributed by atoms with Gasteiger partial charge in [-0.2, -0.15) is 5.10 Å². The minimum Gasteiger partial charge on any atom is -0.394 e. The highest BCUT2D eigenvalue weighted by molar-refractivity contribution is 5.94. The van der Waals surface area contributed by atoms with E-state index in [1.165, 1.54) is 0 Å². The second kappa shape index (κ2) is 7.67. The Kier molecular flexibility index (Phi) is 4.93. The molecule has 0 spiro atoms. The van der Waals surface area contributed by atoms with Crippen LogP contribution in [0.5, 0.6) is 0 Å². The summed E-state index contributed by atoms with van der Waals surface area (Å²) in [6.45, 7) is 1.93. The second-order valence-corrected chi connectivity index (χ2v) is 6.59. The predicted octanol–water partition coefficient (Wildman–Crippen LogP) is 0.871. The summed E-state index contributed by atoms with van der Waals surface area (Å²) < 4.78 is 3.43. The molecule has 27 heavy (non-hydrogen) atoms. The topological polar surface area (TPSA) is 102 Å². The van der Waals surface area contributed by atoms with Crippen LogP contribution in [0.15, 0.2) is 43.2 Å². The van der Waals surface area contributed by atoms with Gasteiger partial charge in [0.1, 0.15) is 18.5 Å². The molecule has 140 valence electrons. The minimum atomic E-state index is -0.0164. The Bertz CT molecular complexity index is 889. The van der Waals surface area contributed by atoms with E-state index in [9.17, 15) is 4.79 Å². The number of aliphatic hydroxyl groups is 1. The fraction of sp³-hybridized carbons (Fsp3) is 0.389. The van der Waals surface area contributed by atoms with E-state index in [1.54, 1.807) is 40.2 Å². The molecule has 3 aromatic rings. The molecule has 0 aromatic carbocycles. The van der Waals surface area contributed by atoms with E-state index in [0.29, 0.717) is 24.5 Å². The maximum absolute atomic E-state index is 12.9. The van der Waals surface area contributed by atoms with E-state index in [-0.39, 0.29) is 18.4 Å². The second-order valence-electron chi connectivity index (χ2n) is 6.59. The van der Waals surface area contributed by atoms with Crippen molar-refractivity contribution in [2.75, 3.05) is 19.7 Å². The largest absolute Gasteiger partial charge is 0.394 e. The summed E-state index contributed by atoms with van der Waals surface area (Å²) in [5, 5.41) is 21.1. The lowest BCUT2D eigenvalue weighted by Gasteiger charge is -2.32. The van der Waals surface area contributed by atoms with Crippen LogP contribution in [0.25, 0.3) is 5.82 Å². The molecule has 1 fully saturated rings. The van der Waals surface area contributed by atoms with Gasteiger partial charge >= 0.3 is 0 Å². The molecule has 0 bridgehead atoms. The minimum absolute atomic E-state index is 0.0164. The predicted molar refractivity (Wildman–Crippen MR) is 96.3 cm³/mol. The van der Waals surface area contributed by atoms with E-state index in [0.717, 1.165) is 25.1 Å². The third-order valence-corrected chi connectivity index (χ3v) is 4.80. The van der Waals surface area contributed by atoms with Gasteiger partial charge < -0.3 is 10.0 Å². The summed E-state index contributed by atoms with van der Waals surface area (Å²) in [5.74, 6) is 0.867. The zero-order chi connectivity index (χ0) is 18.6. The number of piperidine rings is 1. The average Bonchev–Trinajstić information content (AvgIpc) is 3.40. The van der Waals surface area contributed by atoms with Crippen LogP contribution in [0, 0.1) is 0 Å². The summed E-state index contributed by atoms with van der Waals surface area (Å²) in [4.78, 5) is 19.1. The number of aromatic nitrogens is 6. The molecule has 0 saturated carbocycles. The summed E-state index contributed by atoms with van der Waals surface area (Å²) in [5.41, 5.74) is 1.54. The number of likely N-dealkylation sites (tertiary alicyclic amines) is 1. The lowest BCUT2D eigenvalue weighted by molar-refractivity contribution is 0.0705. The van der Waals surface area contributed by atoms with E-state index in [1.807, 2.05) is 17.2 Å². The van der Waals surface area contributed by atoms with Crippen LogP contribution in [-0.4, -0.2) is 65.1 Å². The van der Waals surface area contributed by atoms with Crippen LogP contribution >= 0.6 is 0 Å². The van der Waals surface area contributed by atoms with E-state index < -0.39 is 0 Å². The highest BCUT2D eigenvalue weighted by atomic mass is 16.3. The van der Waals surface area contributed by atoms with E-state index in [2.05, 4.69) is 20.3 Å². The third kappa shape index (κ3) is 3.72. The molecule has 4 rings (SSSR count). The molecule has 3 aromatic heterocycles. The van der Waals surface area contributed by atoms with Gasteiger partial charge in [0, 0.05) is 31.4 Å². The maximum atomic E-state index is 12.9. The van der Waals surface area contributed by atoms with Crippen molar-refractivity contribution >= 4 is 5.91 Å². The molecule has 0 unspecified atom stereocenters. The molecule has 1 saturated heterocycles. The standard InChI is InChI=1S/C18H21N7O2/c26-9-8-25-7-5-16(22-25)15-2-1-6-23(11-15)18(27)14-3-4-17(19-10-14)24-12-20-21-13-24/h3-5,7,10,12-13,15,26H,1-2,6,8-9,11H2/t15-/m0/s1. The molecule has 0 radical (unpaired) electrons. The Morgan fingerprint density at radius 3 is 2.81 bits per heavy atom. The van der Waals surface area contributed by atoms with Crippen molar-refractivity contribution < 1.29 is 9.90 Å². The molecule has 9 nitrogen and oxygen atoms in total. The summed E-state index contributed by atoms with van der Waals surface area (Å²) in [6, 6.07) is 5.54. The first kappa shape index (κ1) is 17.3. The van der Waals surface area contributed by atoms with Gasteiger partial charge in [-0.3, -0.25) is 14.0 Å². The monoisotopic (exact) mass is 367 g/mol. The molecule has 1 atom stereocenters. The van der Waals surface area contributed by atoms with Crippen molar-refractivity contribution in [1.82, 2.24) is 34.4 Å². The number of nitrogens with zero attached hydrogens (tertiary/aromatic N) is 7. The van der Waals surface area contributed by atoms with Crippen molar-refractivity contribution in [3.8, 4) is 5.82 Å². The van der Waals surface area contributed by atoms with Crippen LogP contribution in [0.1, 0.15) is 34.8 Å². The Morgan fingerprint density at radius 2 is 2.07 bits per heavy atom. The molecule has 1 amide bonds. The van der Waals surface area contributed by atoms with Crippen LogP contribution in [0.2, 0.25) is 0 Å². The van der Waals surface area contributed by atoms with Crippen molar-refractivity contribution in [1.29, 1.82) is 0 Å². The molecule has 0 aliphatic carbocycles. The average molecular weight is 367 g/mol. The number of amides is 1. The quantitative estimate of drug-likeness (QED) is 0.718. The summed E-state index contributed by atoms with van der Waals surface area (Å²) in [6.07, 6.45) is 8.54. The molecular weight excluding hydrogens is 346 g/mol. The van der Waals surface area contributed by atoms with Gasteiger partial charge in [0.05, 0.1) is 24.4 Å². The smallest absolute Gasteiger partial charge is 0.255 e. The Morgan fingerprint density at radius 1 is 1.22 bits per heavy atom. The van der Waals surface area contributed by atoms with Gasteiger partial charge in [0.15, 0.2) is 0 Å². The van der Waals surface area contributed by atoms with Crippen LogP contribution < -0.4 is 0 Å². The number of rotatable bonds is 5. The third-order valence-electron chi connectivity index (χ3n) is 4.80. The molecule has 9 heteroatoms. The maximum Gasteiger partial charge on any atom is 0.255 e. The summed E-state index contributed by atoms with van der Waals surface area (Å²) in [7, 11) is 0. The first-order chi connectivity index (χ1) is 13.2. The number of pyridine rings is 1. The normalized spacial score (nSPS) is 17.2. The van der Waals surface area contributed by atoms with Crippen LogP contribution in [-0.2, 0) is 6.54 Å². The number of hydrogen-bond acceptors (Lipinski definition) is 6.